The lowest BCUT2D eigenvalue weighted by molar-refractivity contribution is -0.384. The molecule has 0 radical (unpaired) electrons. The van der Waals surface area contributed by atoms with E-state index in [1.165, 1.54) is 18.2 Å². The molecule has 126 valence electrons. The van der Waals surface area contributed by atoms with Gasteiger partial charge in [0.1, 0.15) is 5.75 Å². The summed E-state index contributed by atoms with van der Waals surface area (Å²) in [6.07, 6.45) is 1.65. The second-order valence-corrected chi connectivity index (χ2v) is 5.14. The van der Waals surface area contributed by atoms with Gasteiger partial charge in [0.2, 0.25) is 0 Å². The van der Waals surface area contributed by atoms with Crippen LogP contribution in [0.4, 0.5) is 11.4 Å². The number of rotatable bonds is 6. The number of carbonyl (C=O) groups is 1. The molecule has 1 aromatic heterocycles. The summed E-state index contributed by atoms with van der Waals surface area (Å²) >= 11 is 0. The molecule has 1 amide bonds. The zero-order chi connectivity index (χ0) is 17.6. The molecule has 0 unspecified atom stereocenters. The Morgan fingerprint density at radius 3 is 2.80 bits per heavy atom. The van der Waals surface area contributed by atoms with Crippen molar-refractivity contribution in [1.82, 2.24) is 10.2 Å². The van der Waals surface area contributed by atoms with Crippen LogP contribution < -0.4 is 10.1 Å². The van der Waals surface area contributed by atoms with Gasteiger partial charge in [-0.05, 0) is 24.3 Å². The lowest BCUT2D eigenvalue weighted by Gasteiger charge is -2.08. The number of non-ortho nitro benzene ring substituents is 1. The van der Waals surface area contributed by atoms with E-state index in [1.807, 2.05) is 18.2 Å². The van der Waals surface area contributed by atoms with E-state index in [1.54, 1.807) is 24.4 Å². The maximum atomic E-state index is 12.0. The van der Waals surface area contributed by atoms with E-state index in [4.69, 9.17) is 4.74 Å². The normalized spacial score (nSPS) is 10.2. The third-order valence-corrected chi connectivity index (χ3v) is 3.36. The Kier molecular flexibility index (Phi) is 4.70. The van der Waals surface area contributed by atoms with Crippen LogP contribution in [0.1, 0.15) is 0 Å². The lowest BCUT2D eigenvalue weighted by atomic mass is 10.1. The highest BCUT2D eigenvalue weighted by atomic mass is 16.6. The SMILES string of the molecule is O=C(COc1cccc([N+](=O)[O-])c1)Nc1cccc(-c2ccn[nH]2)c1. The third-order valence-electron chi connectivity index (χ3n) is 3.36. The first-order chi connectivity index (χ1) is 12.1. The van der Waals surface area contributed by atoms with E-state index in [-0.39, 0.29) is 24.0 Å². The number of benzene rings is 2. The number of nitro benzene ring substituents is 1. The van der Waals surface area contributed by atoms with E-state index < -0.39 is 4.92 Å². The Bertz CT molecular complexity index is 893. The average molecular weight is 338 g/mol. The Morgan fingerprint density at radius 2 is 2.04 bits per heavy atom. The minimum absolute atomic E-state index is 0.0924. The van der Waals surface area contributed by atoms with Gasteiger partial charge in [-0.15, -0.1) is 0 Å². The third kappa shape index (κ3) is 4.20. The first-order valence-electron chi connectivity index (χ1n) is 7.39. The maximum Gasteiger partial charge on any atom is 0.273 e. The molecule has 0 saturated heterocycles. The van der Waals surface area contributed by atoms with Crippen LogP contribution in [0.2, 0.25) is 0 Å². The lowest BCUT2D eigenvalue weighted by Crippen LogP contribution is -2.20. The van der Waals surface area contributed by atoms with Crippen molar-refractivity contribution in [2.75, 3.05) is 11.9 Å². The Hall–Kier alpha value is -3.68. The van der Waals surface area contributed by atoms with E-state index >= 15 is 0 Å². The molecule has 8 heteroatoms. The number of aromatic nitrogens is 2. The fourth-order valence-corrected chi connectivity index (χ4v) is 2.21. The number of H-pyrrole nitrogens is 1. The smallest absolute Gasteiger partial charge is 0.273 e. The van der Waals surface area contributed by atoms with Crippen LogP contribution in [-0.4, -0.2) is 27.6 Å². The van der Waals surface area contributed by atoms with Crippen molar-refractivity contribution in [3.05, 3.63) is 70.9 Å². The van der Waals surface area contributed by atoms with Crippen LogP contribution in [0, 0.1) is 10.1 Å². The highest BCUT2D eigenvalue weighted by Crippen LogP contribution is 2.21. The van der Waals surface area contributed by atoms with Gasteiger partial charge in [-0.2, -0.15) is 5.10 Å². The van der Waals surface area contributed by atoms with Crippen LogP contribution >= 0.6 is 0 Å². The summed E-state index contributed by atoms with van der Waals surface area (Å²) in [6, 6.07) is 14.8. The van der Waals surface area contributed by atoms with Crippen molar-refractivity contribution in [3.63, 3.8) is 0 Å². The Labute approximate surface area is 142 Å². The molecule has 25 heavy (non-hydrogen) atoms. The van der Waals surface area contributed by atoms with Crippen molar-refractivity contribution >= 4 is 17.3 Å². The summed E-state index contributed by atoms with van der Waals surface area (Å²) in [6.45, 7) is -0.255. The average Bonchev–Trinajstić information content (AvgIpc) is 3.15. The number of hydrogen-bond acceptors (Lipinski definition) is 5. The van der Waals surface area contributed by atoms with Crippen LogP contribution in [0.15, 0.2) is 60.8 Å². The Morgan fingerprint density at radius 1 is 1.20 bits per heavy atom. The van der Waals surface area contributed by atoms with Gasteiger partial charge in [-0.3, -0.25) is 20.0 Å². The van der Waals surface area contributed by atoms with Gasteiger partial charge < -0.3 is 10.1 Å². The van der Waals surface area contributed by atoms with Crippen molar-refractivity contribution in [3.8, 4) is 17.0 Å². The van der Waals surface area contributed by atoms with Crippen molar-refractivity contribution in [2.45, 2.75) is 0 Å². The number of aromatic amines is 1. The van der Waals surface area contributed by atoms with E-state index in [0.29, 0.717) is 5.69 Å². The summed E-state index contributed by atoms with van der Waals surface area (Å²) in [7, 11) is 0. The molecule has 0 aliphatic rings. The summed E-state index contributed by atoms with van der Waals surface area (Å²) < 4.78 is 5.30. The molecule has 0 spiro atoms. The molecular formula is C17H14N4O4. The number of anilines is 1. The molecule has 2 aromatic carbocycles. The minimum Gasteiger partial charge on any atom is -0.484 e. The molecule has 0 aliphatic heterocycles. The maximum absolute atomic E-state index is 12.0. The highest BCUT2D eigenvalue weighted by molar-refractivity contribution is 5.92. The number of nitrogens with zero attached hydrogens (tertiary/aromatic N) is 2. The number of nitrogens with one attached hydrogen (secondary N) is 2. The zero-order valence-electron chi connectivity index (χ0n) is 13.0. The van der Waals surface area contributed by atoms with Crippen LogP contribution in [0.3, 0.4) is 0 Å². The number of carbonyl (C=O) groups excluding carboxylic acids is 1. The fourth-order valence-electron chi connectivity index (χ4n) is 2.21. The quantitative estimate of drug-likeness (QED) is 0.530. The highest BCUT2D eigenvalue weighted by Gasteiger charge is 2.09. The predicted octanol–water partition coefficient (Wildman–Crippen LogP) is 3.00. The van der Waals surface area contributed by atoms with Crippen molar-refractivity contribution < 1.29 is 14.5 Å². The Balaban J connectivity index is 1.60. The fraction of sp³-hybridized carbons (Fsp3) is 0.0588. The number of ether oxygens (including phenoxy) is 1. The van der Waals surface area contributed by atoms with Crippen molar-refractivity contribution in [2.24, 2.45) is 0 Å². The number of amides is 1. The first-order valence-corrected chi connectivity index (χ1v) is 7.39. The largest absolute Gasteiger partial charge is 0.484 e. The second kappa shape index (κ2) is 7.26. The van der Waals surface area contributed by atoms with Gasteiger partial charge in [0.15, 0.2) is 6.61 Å². The predicted molar refractivity (Wildman–Crippen MR) is 91.2 cm³/mol. The zero-order valence-corrected chi connectivity index (χ0v) is 13.0. The monoisotopic (exact) mass is 338 g/mol. The van der Waals surface area contributed by atoms with Crippen LogP contribution in [-0.2, 0) is 4.79 Å². The molecule has 0 aliphatic carbocycles. The summed E-state index contributed by atoms with van der Waals surface area (Å²) in [5, 5.41) is 20.2. The van der Waals surface area contributed by atoms with Gasteiger partial charge in [-0.1, -0.05) is 18.2 Å². The van der Waals surface area contributed by atoms with Gasteiger partial charge in [0, 0.05) is 23.5 Å². The minimum atomic E-state index is -0.520. The molecular weight excluding hydrogens is 324 g/mol. The van der Waals surface area contributed by atoms with E-state index in [9.17, 15) is 14.9 Å². The van der Waals surface area contributed by atoms with Crippen LogP contribution in [0.5, 0.6) is 5.75 Å². The van der Waals surface area contributed by atoms with Gasteiger partial charge in [-0.25, -0.2) is 0 Å². The molecule has 2 N–H and O–H groups in total. The molecule has 0 bridgehead atoms. The van der Waals surface area contributed by atoms with Gasteiger partial charge >= 0.3 is 0 Å². The molecule has 8 nitrogen and oxygen atoms in total. The summed E-state index contributed by atoms with van der Waals surface area (Å²) in [5.74, 6) is -0.108. The van der Waals surface area contributed by atoms with Crippen molar-refractivity contribution in [1.29, 1.82) is 0 Å². The topological polar surface area (TPSA) is 110 Å². The standard InChI is InChI=1S/C17H14N4O4/c22-17(11-25-15-6-2-5-14(10-15)21(23)24)19-13-4-1-3-12(9-13)16-7-8-18-20-16/h1-10H,11H2,(H,18,20)(H,19,22). The molecule has 0 saturated carbocycles. The van der Waals surface area contributed by atoms with Gasteiger partial charge in [0.05, 0.1) is 16.7 Å². The van der Waals surface area contributed by atoms with E-state index in [2.05, 4.69) is 15.5 Å². The molecule has 3 aromatic rings. The molecule has 0 fully saturated rings. The summed E-state index contributed by atoms with van der Waals surface area (Å²) in [5.41, 5.74) is 2.24. The van der Waals surface area contributed by atoms with Gasteiger partial charge in [0.25, 0.3) is 11.6 Å². The second-order valence-electron chi connectivity index (χ2n) is 5.14. The number of hydrogen-bond donors (Lipinski definition) is 2. The molecule has 3 rings (SSSR count). The van der Waals surface area contributed by atoms with E-state index in [0.717, 1.165) is 11.3 Å². The van der Waals surface area contributed by atoms with Crippen LogP contribution in [0.25, 0.3) is 11.3 Å². The number of nitro groups is 1. The molecule has 1 heterocycles. The first kappa shape index (κ1) is 16.2. The molecule has 0 atom stereocenters. The summed E-state index contributed by atoms with van der Waals surface area (Å²) in [4.78, 5) is 22.2.